The average molecular weight is 393 g/mol. The van der Waals surface area contributed by atoms with Gasteiger partial charge in [0, 0.05) is 58.1 Å². The lowest BCUT2D eigenvalue weighted by Gasteiger charge is -2.21. The standard InChI is InChI=1S/C20H23N7O2/c1-5-25(3)20-21-12-16-17(22-20)26(4)9-10-27(19(16)28)15-8-6-7-14(11-15)18-24-23-13(2)29-18/h6-8,11-12H,5,9-10H2,1-4H3. The van der Waals surface area contributed by atoms with Crippen molar-refractivity contribution >= 4 is 23.4 Å². The molecule has 0 fully saturated rings. The molecule has 3 heterocycles. The predicted molar refractivity (Wildman–Crippen MR) is 110 cm³/mol. The molecule has 0 atom stereocenters. The van der Waals surface area contributed by atoms with Gasteiger partial charge in [-0.15, -0.1) is 10.2 Å². The molecule has 0 radical (unpaired) electrons. The van der Waals surface area contributed by atoms with Crippen LogP contribution in [0.25, 0.3) is 11.5 Å². The lowest BCUT2D eigenvalue weighted by atomic mass is 10.1. The number of rotatable bonds is 4. The number of hydrogen-bond acceptors (Lipinski definition) is 8. The van der Waals surface area contributed by atoms with Crippen molar-refractivity contribution in [2.24, 2.45) is 0 Å². The molecule has 0 bridgehead atoms. The SMILES string of the molecule is CCN(C)c1ncc2c(n1)N(C)CCN(c1cccc(-c3nnc(C)o3)c1)C2=O. The predicted octanol–water partition coefficient (Wildman–Crippen LogP) is 2.39. The minimum atomic E-state index is -0.131. The third-order valence-corrected chi connectivity index (χ3v) is 5.00. The number of carbonyl (C=O) groups is 1. The third-order valence-electron chi connectivity index (χ3n) is 5.00. The lowest BCUT2D eigenvalue weighted by molar-refractivity contribution is 0.0989. The molecule has 0 saturated heterocycles. The van der Waals surface area contributed by atoms with Gasteiger partial charge < -0.3 is 19.1 Å². The number of nitrogens with zero attached hydrogens (tertiary/aromatic N) is 7. The monoisotopic (exact) mass is 393 g/mol. The van der Waals surface area contributed by atoms with Crippen LogP contribution in [0.5, 0.6) is 0 Å². The molecule has 1 aliphatic heterocycles. The molecule has 9 heteroatoms. The number of fused-ring (bicyclic) bond motifs is 1. The van der Waals surface area contributed by atoms with Crippen molar-refractivity contribution in [3.05, 3.63) is 41.9 Å². The number of aromatic nitrogens is 4. The summed E-state index contributed by atoms with van der Waals surface area (Å²) in [6.07, 6.45) is 1.62. The van der Waals surface area contributed by atoms with E-state index < -0.39 is 0 Å². The number of anilines is 3. The quantitative estimate of drug-likeness (QED) is 0.667. The summed E-state index contributed by atoms with van der Waals surface area (Å²) in [4.78, 5) is 28.0. The number of aryl methyl sites for hydroxylation is 1. The maximum atomic E-state index is 13.3. The highest BCUT2D eigenvalue weighted by molar-refractivity contribution is 6.09. The molecular formula is C20H23N7O2. The minimum absolute atomic E-state index is 0.131. The summed E-state index contributed by atoms with van der Waals surface area (Å²) in [6.45, 7) is 5.73. The molecule has 1 aromatic carbocycles. The first-order valence-corrected chi connectivity index (χ1v) is 9.49. The molecule has 0 saturated carbocycles. The number of hydrogen-bond donors (Lipinski definition) is 0. The third kappa shape index (κ3) is 3.51. The van der Waals surface area contributed by atoms with E-state index in [0.717, 1.165) is 17.8 Å². The molecular weight excluding hydrogens is 370 g/mol. The molecule has 9 nitrogen and oxygen atoms in total. The van der Waals surface area contributed by atoms with Crippen LogP contribution in [0.2, 0.25) is 0 Å². The van der Waals surface area contributed by atoms with Crippen molar-refractivity contribution in [3.63, 3.8) is 0 Å². The van der Waals surface area contributed by atoms with Gasteiger partial charge in [-0.3, -0.25) is 4.79 Å². The van der Waals surface area contributed by atoms with Crippen molar-refractivity contribution in [2.75, 3.05) is 48.4 Å². The van der Waals surface area contributed by atoms with E-state index in [1.807, 2.05) is 55.1 Å². The average Bonchev–Trinajstić information content (AvgIpc) is 3.14. The molecule has 2 aromatic heterocycles. The van der Waals surface area contributed by atoms with Crippen LogP contribution in [-0.4, -0.2) is 59.8 Å². The second-order valence-corrected chi connectivity index (χ2v) is 6.98. The first kappa shape index (κ1) is 18.9. The van der Waals surface area contributed by atoms with E-state index in [0.29, 0.717) is 42.2 Å². The zero-order chi connectivity index (χ0) is 20.5. The van der Waals surface area contributed by atoms with Crippen molar-refractivity contribution < 1.29 is 9.21 Å². The summed E-state index contributed by atoms with van der Waals surface area (Å²) in [7, 11) is 3.87. The Balaban J connectivity index is 1.71. The van der Waals surface area contributed by atoms with Crippen LogP contribution in [0.1, 0.15) is 23.2 Å². The van der Waals surface area contributed by atoms with Crippen molar-refractivity contribution in [2.45, 2.75) is 13.8 Å². The Bertz CT molecular complexity index is 1050. The molecule has 29 heavy (non-hydrogen) atoms. The van der Waals surface area contributed by atoms with Gasteiger partial charge in [0.2, 0.25) is 17.7 Å². The van der Waals surface area contributed by atoms with Gasteiger partial charge >= 0.3 is 0 Å². The maximum Gasteiger partial charge on any atom is 0.263 e. The molecule has 0 spiro atoms. The van der Waals surface area contributed by atoms with Crippen molar-refractivity contribution in [1.82, 2.24) is 20.2 Å². The fraction of sp³-hybridized carbons (Fsp3) is 0.350. The van der Waals surface area contributed by atoms with E-state index in [2.05, 4.69) is 20.2 Å². The van der Waals surface area contributed by atoms with Gasteiger partial charge in [0.15, 0.2) is 0 Å². The van der Waals surface area contributed by atoms with Crippen molar-refractivity contribution in [1.29, 1.82) is 0 Å². The van der Waals surface area contributed by atoms with Gasteiger partial charge in [0.25, 0.3) is 5.91 Å². The number of likely N-dealkylation sites (N-methyl/N-ethyl adjacent to an activating group) is 1. The second-order valence-electron chi connectivity index (χ2n) is 6.98. The molecule has 150 valence electrons. The summed E-state index contributed by atoms with van der Waals surface area (Å²) in [5.41, 5.74) is 2.02. The normalized spacial score (nSPS) is 14.0. The highest BCUT2D eigenvalue weighted by atomic mass is 16.4. The molecule has 4 rings (SSSR count). The van der Waals surface area contributed by atoms with Gasteiger partial charge in [-0.25, -0.2) is 4.98 Å². The number of amides is 1. The summed E-state index contributed by atoms with van der Waals surface area (Å²) < 4.78 is 5.52. The van der Waals surface area contributed by atoms with Crippen LogP contribution in [-0.2, 0) is 0 Å². The first-order chi connectivity index (χ1) is 14.0. The van der Waals surface area contributed by atoms with Crippen LogP contribution in [0.3, 0.4) is 0 Å². The smallest absolute Gasteiger partial charge is 0.263 e. The zero-order valence-electron chi connectivity index (χ0n) is 17.0. The van der Waals surface area contributed by atoms with E-state index >= 15 is 0 Å². The van der Waals surface area contributed by atoms with Gasteiger partial charge in [0.05, 0.1) is 0 Å². The fourth-order valence-corrected chi connectivity index (χ4v) is 3.20. The Morgan fingerprint density at radius 1 is 1.24 bits per heavy atom. The van der Waals surface area contributed by atoms with Crippen LogP contribution < -0.4 is 14.7 Å². The topological polar surface area (TPSA) is 91.5 Å². The van der Waals surface area contributed by atoms with Crippen LogP contribution in [0, 0.1) is 6.92 Å². The molecule has 1 amide bonds. The molecule has 0 N–H and O–H groups in total. The first-order valence-electron chi connectivity index (χ1n) is 9.49. The Morgan fingerprint density at radius 3 is 2.79 bits per heavy atom. The maximum absolute atomic E-state index is 13.3. The highest BCUT2D eigenvalue weighted by Gasteiger charge is 2.28. The summed E-state index contributed by atoms with van der Waals surface area (Å²) >= 11 is 0. The van der Waals surface area contributed by atoms with Gasteiger partial charge in [0.1, 0.15) is 11.4 Å². The van der Waals surface area contributed by atoms with E-state index in [1.165, 1.54) is 0 Å². The largest absolute Gasteiger partial charge is 0.421 e. The van der Waals surface area contributed by atoms with E-state index in [9.17, 15) is 4.79 Å². The second kappa shape index (κ2) is 7.50. The van der Waals surface area contributed by atoms with Gasteiger partial charge in [-0.05, 0) is 25.1 Å². The van der Waals surface area contributed by atoms with Crippen LogP contribution >= 0.6 is 0 Å². The van der Waals surface area contributed by atoms with Crippen molar-refractivity contribution in [3.8, 4) is 11.5 Å². The molecule has 3 aromatic rings. The van der Waals surface area contributed by atoms with Gasteiger partial charge in [-0.1, -0.05) is 6.07 Å². The van der Waals surface area contributed by atoms with Crippen LogP contribution in [0.4, 0.5) is 17.5 Å². The highest BCUT2D eigenvalue weighted by Crippen LogP contribution is 2.29. The van der Waals surface area contributed by atoms with E-state index in [4.69, 9.17) is 4.42 Å². The fourth-order valence-electron chi connectivity index (χ4n) is 3.20. The number of carbonyl (C=O) groups excluding carboxylic acids is 1. The Morgan fingerprint density at radius 2 is 2.07 bits per heavy atom. The molecule has 0 unspecified atom stereocenters. The van der Waals surface area contributed by atoms with E-state index in [-0.39, 0.29) is 5.91 Å². The molecule has 0 aliphatic carbocycles. The van der Waals surface area contributed by atoms with Gasteiger partial charge in [-0.2, -0.15) is 4.98 Å². The van der Waals surface area contributed by atoms with Crippen LogP contribution in [0.15, 0.2) is 34.9 Å². The lowest BCUT2D eigenvalue weighted by Crippen LogP contribution is -2.33. The van der Waals surface area contributed by atoms with E-state index in [1.54, 1.807) is 18.0 Å². The Hall–Kier alpha value is -3.49. The zero-order valence-corrected chi connectivity index (χ0v) is 17.0. The minimum Gasteiger partial charge on any atom is -0.421 e. The Kier molecular flexibility index (Phi) is 4.87. The Labute approximate surface area is 169 Å². The number of benzene rings is 1. The summed E-state index contributed by atoms with van der Waals surface area (Å²) in [6, 6.07) is 7.54. The summed E-state index contributed by atoms with van der Waals surface area (Å²) in [5.74, 6) is 2.05. The molecule has 1 aliphatic rings. The summed E-state index contributed by atoms with van der Waals surface area (Å²) in [5, 5.41) is 7.95.